The van der Waals surface area contributed by atoms with Crippen molar-refractivity contribution >= 4 is 23.9 Å². The van der Waals surface area contributed by atoms with Crippen molar-refractivity contribution in [1.82, 2.24) is 25.2 Å². The van der Waals surface area contributed by atoms with Gasteiger partial charge in [0.05, 0.1) is 19.7 Å². The molecule has 0 unspecified atom stereocenters. The van der Waals surface area contributed by atoms with Crippen LogP contribution in [0.1, 0.15) is 56.6 Å². The molecule has 1 atom stereocenters. The average molecular weight is 648 g/mol. The largest absolute Gasteiger partial charge is 0.527 e. The Morgan fingerprint density at radius 3 is 2.21 bits per heavy atom. The van der Waals surface area contributed by atoms with E-state index in [9.17, 15) is 19.2 Å². The topological polar surface area (TPSA) is 149 Å². The number of aromatic nitrogens is 2. The Bertz CT molecular complexity index is 1510. The molecule has 13 nitrogen and oxygen atoms in total. The van der Waals surface area contributed by atoms with Crippen LogP contribution < -0.4 is 10.1 Å². The molecule has 4 rings (SSSR count). The summed E-state index contributed by atoms with van der Waals surface area (Å²) >= 11 is 0. The molecule has 1 aromatic heterocycles. The predicted octanol–water partition coefficient (Wildman–Crippen LogP) is 4.18. The van der Waals surface area contributed by atoms with Crippen LogP contribution in [0.25, 0.3) is 11.4 Å². The summed E-state index contributed by atoms with van der Waals surface area (Å²) < 4.78 is 16.2. The molecule has 1 aliphatic heterocycles. The highest BCUT2D eigenvalue weighted by molar-refractivity contribution is 5.96. The second-order valence-corrected chi connectivity index (χ2v) is 11.7. The summed E-state index contributed by atoms with van der Waals surface area (Å²) in [7, 11) is 0. The normalized spacial score (nSPS) is 14.1. The number of benzene rings is 2. The number of nitrogens with zero attached hydrogens (tertiary/aromatic N) is 4. The number of carbonyl (C=O) groups is 4. The summed E-state index contributed by atoms with van der Waals surface area (Å²) in [6, 6.07) is 19.0. The van der Waals surface area contributed by atoms with Gasteiger partial charge in [-0.05, 0) is 39.7 Å². The van der Waals surface area contributed by atoms with Crippen molar-refractivity contribution in [2.24, 2.45) is 0 Å². The fraction of sp³-hybridized carbons (Fsp3) is 0.412. The van der Waals surface area contributed by atoms with Gasteiger partial charge in [0.1, 0.15) is 23.9 Å². The maximum atomic E-state index is 13.8. The van der Waals surface area contributed by atoms with Crippen molar-refractivity contribution in [2.75, 3.05) is 32.8 Å². The Morgan fingerprint density at radius 1 is 0.915 bits per heavy atom. The lowest BCUT2D eigenvalue weighted by atomic mass is 10.1. The highest BCUT2D eigenvalue weighted by Crippen LogP contribution is 2.21. The summed E-state index contributed by atoms with van der Waals surface area (Å²) in [5.74, 6) is -1.07. The third-order valence-corrected chi connectivity index (χ3v) is 6.87. The second kappa shape index (κ2) is 16.5. The van der Waals surface area contributed by atoms with Crippen LogP contribution in [0, 0.1) is 0 Å². The summed E-state index contributed by atoms with van der Waals surface area (Å²) in [6.07, 6.45) is -0.932. The molecular formula is C34H41N5O8. The number of esters is 1. The first kappa shape index (κ1) is 34.8. The number of hydrogen-bond donors (Lipinski definition) is 1. The Balaban J connectivity index is 1.53. The average Bonchev–Trinajstić information content (AvgIpc) is 3.05. The summed E-state index contributed by atoms with van der Waals surface area (Å²) in [5.41, 5.74) is 0.871. The first-order valence-electron chi connectivity index (χ1n) is 15.5. The van der Waals surface area contributed by atoms with E-state index in [1.807, 2.05) is 60.7 Å². The van der Waals surface area contributed by atoms with Gasteiger partial charge < -0.3 is 29.3 Å². The molecule has 0 bridgehead atoms. The van der Waals surface area contributed by atoms with E-state index in [0.29, 0.717) is 5.56 Å². The maximum Gasteiger partial charge on any atom is 0.527 e. The number of piperazine rings is 1. The molecule has 2 heterocycles. The van der Waals surface area contributed by atoms with E-state index in [2.05, 4.69) is 15.3 Å². The van der Waals surface area contributed by atoms with Gasteiger partial charge in [-0.15, -0.1) is 5.06 Å². The predicted molar refractivity (Wildman–Crippen MR) is 171 cm³/mol. The molecule has 1 saturated heterocycles. The van der Waals surface area contributed by atoms with E-state index in [1.54, 1.807) is 32.6 Å². The van der Waals surface area contributed by atoms with Crippen molar-refractivity contribution in [3.63, 3.8) is 0 Å². The number of hydrogen-bond acceptors (Lipinski definition) is 11. The smallest absolute Gasteiger partial charge is 0.473 e. The number of hydroxylamine groups is 2. The molecule has 3 aromatic rings. The fourth-order valence-electron chi connectivity index (χ4n) is 4.68. The Labute approximate surface area is 274 Å². The van der Waals surface area contributed by atoms with Crippen LogP contribution in [-0.4, -0.2) is 88.3 Å². The van der Waals surface area contributed by atoms with Gasteiger partial charge in [0.25, 0.3) is 5.91 Å². The van der Waals surface area contributed by atoms with Gasteiger partial charge in [-0.25, -0.2) is 9.78 Å². The highest BCUT2D eigenvalue weighted by Gasteiger charge is 2.31. The minimum Gasteiger partial charge on any atom is -0.473 e. The van der Waals surface area contributed by atoms with Crippen LogP contribution in [0.2, 0.25) is 0 Å². The molecule has 250 valence electrons. The fourth-order valence-corrected chi connectivity index (χ4v) is 4.68. The molecule has 2 aromatic carbocycles. The lowest BCUT2D eigenvalue weighted by Gasteiger charge is -2.35. The third-order valence-electron chi connectivity index (χ3n) is 6.87. The molecule has 0 spiro atoms. The van der Waals surface area contributed by atoms with E-state index in [1.165, 1.54) is 11.1 Å². The van der Waals surface area contributed by atoms with Gasteiger partial charge in [0.2, 0.25) is 11.8 Å². The standard InChI is InChI=1S/C34H41N5O8/c1-5-44-33(43)47-39-20-18-38(19-21-39)32(42)26(16-17-29(40)46-34(2,3)4)36-31(41)27-22-28(45-23-24-12-8-6-9-13-24)37-30(35-27)25-14-10-7-11-15-25/h6-15,22,26H,5,16-21,23H2,1-4H3,(H,36,41)/t26-/m0/s1. The van der Waals surface area contributed by atoms with Crippen LogP contribution in [0.4, 0.5) is 4.79 Å². The molecule has 1 N–H and O–H groups in total. The Hall–Kier alpha value is -5.04. The monoisotopic (exact) mass is 647 g/mol. The number of carbonyl (C=O) groups excluding carboxylic acids is 4. The van der Waals surface area contributed by atoms with E-state index < -0.39 is 35.6 Å². The molecule has 47 heavy (non-hydrogen) atoms. The van der Waals surface area contributed by atoms with Crippen LogP contribution >= 0.6 is 0 Å². The zero-order valence-electron chi connectivity index (χ0n) is 27.1. The van der Waals surface area contributed by atoms with Crippen molar-refractivity contribution in [3.8, 4) is 17.3 Å². The van der Waals surface area contributed by atoms with Gasteiger partial charge >= 0.3 is 12.1 Å². The van der Waals surface area contributed by atoms with E-state index in [-0.39, 0.29) is 69.6 Å². The molecule has 2 amide bonds. The molecule has 1 fully saturated rings. The number of ether oxygens (including phenoxy) is 3. The van der Waals surface area contributed by atoms with Crippen LogP contribution in [0.15, 0.2) is 66.7 Å². The van der Waals surface area contributed by atoms with Crippen molar-refractivity contribution in [2.45, 2.75) is 58.8 Å². The quantitative estimate of drug-likeness (QED) is 0.282. The van der Waals surface area contributed by atoms with Gasteiger partial charge in [0, 0.05) is 31.1 Å². The van der Waals surface area contributed by atoms with E-state index in [4.69, 9.17) is 19.0 Å². The first-order valence-corrected chi connectivity index (χ1v) is 15.5. The number of rotatable bonds is 12. The van der Waals surface area contributed by atoms with Crippen LogP contribution in [0.3, 0.4) is 0 Å². The molecule has 0 aliphatic carbocycles. The molecule has 13 heteroatoms. The van der Waals surface area contributed by atoms with Crippen LogP contribution in [-0.2, 0) is 30.5 Å². The van der Waals surface area contributed by atoms with Gasteiger partial charge in [-0.2, -0.15) is 4.98 Å². The first-order chi connectivity index (χ1) is 22.5. The minimum atomic E-state index is -1.07. The zero-order valence-corrected chi connectivity index (χ0v) is 27.1. The van der Waals surface area contributed by atoms with Crippen molar-refractivity contribution < 1.29 is 38.2 Å². The maximum absolute atomic E-state index is 13.8. The Kier molecular flexibility index (Phi) is 12.2. The van der Waals surface area contributed by atoms with Gasteiger partial charge in [-0.1, -0.05) is 60.7 Å². The lowest BCUT2D eigenvalue weighted by Crippen LogP contribution is -2.55. The molecule has 0 saturated carbocycles. The summed E-state index contributed by atoms with van der Waals surface area (Å²) in [6.45, 7) is 8.26. The molecular weight excluding hydrogens is 606 g/mol. The SMILES string of the molecule is CCOC(=O)ON1CCN(C(=O)[C@H](CCC(=O)OC(C)(C)C)NC(=O)c2cc(OCc3ccccc3)nc(-c3ccccc3)n2)CC1. The number of nitrogens with one attached hydrogen (secondary N) is 1. The molecule has 1 aliphatic rings. The second-order valence-electron chi connectivity index (χ2n) is 11.7. The highest BCUT2D eigenvalue weighted by atomic mass is 16.8. The summed E-state index contributed by atoms with van der Waals surface area (Å²) in [5, 5.41) is 4.20. The van der Waals surface area contributed by atoms with Crippen LogP contribution in [0.5, 0.6) is 5.88 Å². The number of amides is 2. The van der Waals surface area contributed by atoms with E-state index >= 15 is 0 Å². The van der Waals surface area contributed by atoms with Crippen molar-refractivity contribution in [1.29, 1.82) is 0 Å². The Morgan fingerprint density at radius 2 is 1.57 bits per heavy atom. The van der Waals surface area contributed by atoms with Gasteiger partial charge in [0.15, 0.2) is 5.82 Å². The summed E-state index contributed by atoms with van der Waals surface area (Å²) in [4.78, 5) is 67.5. The minimum absolute atomic E-state index is 0.00693. The van der Waals surface area contributed by atoms with Crippen molar-refractivity contribution in [3.05, 3.63) is 78.0 Å². The molecule has 0 radical (unpaired) electrons. The third kappa shape index (κ3) is 11.1. The van der Waals surface area contributed by atoms with E-state index in [0.717, 1.165) is 5.56 Å². The van der Waals surface area contributed by atoms with Gasteiger partial charge in [-0.3, -0.25) is 14.4 Å². The zero-order chi connectivity index (χ0) is 33.8. The lowest BCUT2D eigenvalue weighted by molar-refractivity contribution is -0.158.